The summed E-state index contributed by atoms with van der Waals surface area (Å²) in [4.78, 5) is 1.87. The van der Waals surface area contributed by atoms with E-state index >= 15 is 0 Å². The summed E-state index contributed by atoms with van der Waals surface area (Å²) >= 11 is 0. The van der Waals surface area contributed by atoms with Gasteiger partial charge in [0.2, 0.25) is 0 Å². The number of nitrogens with zero attached hydrogens (tertiary/aromatic N) is 2. The summed E-state index contributed by atoms with van der Waals surface area (Å²) in [6.45, 7) is 1.87. The number of hydrogen-bond acceptors (Lipinski definition) is 3. The van der Waals surface area contributed by atoms with Gasteiger partial charge in [0.05, 0.1) is 0 Å². The molecule has 0 heterocycles. The van der Waals surface area contributed by atoms with E-state index in [1.165, 1.54) is 0 Å². The van der Waals surface area contributed by atoms with Crippen LogP contribution in [0.1, 0.15) is 6.92 Å². The largest absolute Gasteiger partial charge is 0.287 e. The van der Waals surface area contributed by atoms with Crippen LogP contribution in [0.2, 0.25) is 0 Å². The lowest BCUT2D eigenvalue weighted by Crippen LogP contribution is -2.21. The standard InChI is InChI=1S/C4H11N3/c1-4(6-5)7(2)3/h4-5H,1-3H3. The minimum atomic E-state index is 0.0278. The Bertz CT molecular complexity index is 60.0. The molecule has 0 rings (SSSR count). The summed E-state index contributed by atoms with van der Waals surface area (Å²) in [5, 5.41) is 3.26. The first-order chi connectivity index (χ1) is 3.18. The van der Waals surface area contributed by atoms with Crippen LogP contribution in [0.4, 0.5) is 0 Å². The average molecular weight is 101 g/mol. The molecule has 0 aromatic carbocycles. The molecule has 0 aliphatic carbocycles. The Morgan fingerprint density at radius 2 is 2.00 bits per heavy atom. The highest BCUT2D eigenvalue weighted by atomic mass is 15.2. The molecule has 0 aliphatic heterocycles. The van der Waals surface area contributed by atoms with Crippen LogP contribution < -0.4 is 0 Å². The molecule has 3 nitrogen and oxygen atoms in total. The van der Waals surface area contributed by atoms with E-state index in [2.05, 4.69) is 5.11 Å². The van der Waals surface area contributed by atoms with Gasteiger partial charge in [0.25, 0.3) is 0 Å². The van der Waals surface area contributed by atoms with Crippen molar-refractivity contribution in [2.45, 2.75) is 13.1 Å². The average Bonchev–Trinajstić information content (AvgIpc) is 1.65. The monoisotopic (exact) mass is 101 g/mol. The molecular weight excluding hydrogens is 90.1 g/mol. The molecule has 0 saturated heterocycles. The van der Waals surface area contributed by atoms with Crippen molar-refractivity contribution in [3.63, 3.8) is 0 Å². The van der Waals surface area contributed by atoms with Gasteiger partial charge in [-0.2, -0.15) is 5.11 Å². The fourth-order valence-electron chi connectivity index (χ4n) is 0.115. The van der Waals surface area contributed by atoms with Gasteiger partial charge in [-0.3, -0.25) is 4.90 Å². The maximum Gasteiger partial charge on any atom is 0.119 e. The molecule has 1 unspecified atom stereocenters. The van der Waals surface area contributed by atoms with E-state index in [1.54, 1.807) is 0 Å². The molecule has 0 aliphatic rings. The lowest BCUT2D eigenvalue weighted by atomic mass is 10.5. The maximum atomic E-state index is 6.52. The predicted octanol–water partition coefficient (Wildman–Crippen LogP) is 0.925. The minimum absolute atomic E-state index is 0.0278. The molecule has 1 N–H and O–H groups in total. The lowest BCUT2D eigenvalue weighted by Gasteiger charge is -2.11. The highest BCUT2D eigenvalue weighted by Crippen LogP contribution is 1.88. The second-order valence-electron chi connectivity index (χ2n) is 1.72. The topological polar surface area (TPSA) is 39.5 Å². The molecule has 0 aromatic rings. The molecule has 0 saturated carbocycles. The molecular formula is C4H11N3. The summed E-state index contributed by atoms with van der Waals surface area (Å²) in [7, 11) is 3.78. The molecule has 0 fully saturated rings. The maximum absolute atomic E-state index is 6.52. The Kier molecular flexibility index (Phi) is 2.52. The van der Waals surface area contributed by atoms with Crippen molar-refractivity contribution in [1.82, 2.24) is 4.90 Å². The zero-order valence-electron chi connectivity index (χ0n) is 4.97. The molecule has 0 aromatic heterocycles. The Hall–Kier alpha value is -0.440. The van der Waals surface area contributed by atoms with Gasteiger partial charge < -0.3 is 0 Å². The highest BCUT2D eigenvalue weighted by Gasteiger charge is 1.96. The summed E-state index contributed by atoms with van der Waals surface area (Å²) in [6, 6.07) is 0. The molecule has 0 radical (unpaired) electrons. The molecule has 0 bridgehead atoms. The summed E-state index contributed by atoms with van der Waals surface area (Å²) < 4.78 is 0. The molecule has 0 spiro atoms. The van der Waals surface area contributed by atoms with Gasteiger partial charge in [-0.05, 0) is 21.0 Å². The highest BCUT2D eigenvalue weighted by molar-refractivity contribution is 4.47. The van der Waals surface area contributed by atoms with Crippen LogP contribution in [0, 0.1) is 5.53 Å². The van der Waals surface area contributed by atoms with E-state index in [1.807, 2.05) is 25.9 Å². The van der Waals surface area contributed by atoms with E-state index in [9.17, 15) is 0 Å². The smallest absolute Gasteiger partial charge is 0.119 e. The van der Waals surface area contributed by atoms with Crippen LogP contribution in [0.15, 0.2) is 5.11 Å². The van der Waals surface area contributed by atoms with E-state index in [4.69, 9.17) is 5.53 Å². The van der Waals surface area contributed by atoms with Crippen molar-refractivity contribution in [2.24, 2.45) is 5.11 Å². The molecule has 1 atom stereocenters. The van der Waals surface area contributed by atoms with E-state index < -0.39 is 0 Å². The van der Waals surface area contributed by atoms with Crippen LogP contribution >= 0.6 is 0 Å². The third-order valence-corrected chi connectivity index (χ3v) is 0.934. The summed E-state index contributed by atoms with van der Waals surface area (Å²) in [5.41, 5.74) is 6.52. The van der Waals surface area contributed by atoms with Crippen molar-refractivity contribution in [2.75, 3.05) is 14.1 Å². The van der Waals surface area contributed by atoms with Crippen molar-refractivity contribution < 1.29 is 0 Å². The fraction of sp³-hybridized carbons (Fsp3) is 1.00. The Balaban J connectivity index is 3.33. The van der Waals surface area contributed by atoms with Crippen LogP contribution in [0.5, 0.6) is 0 Å². The number of hydrogen-bond donors (Lipinski definition) is 1. The third kappa shape index (κ3) is 2.28. The van der Waals surface area contributed by atoms with Crippen LogP contribution in [-0.2, 0) is 0 Å². The van der Waals surface area contributed by atoms with Gasteiger partial charge in [-0.25, -0.2) is 5.53 Å². The van der Waals surface area contributed by atoms with Crippen molar-refractivity contribution >= 4 is 0 Å². The van der Waals surface area contributed by atoms with Gasteiger partial charge in [0.15, 0.2) is 0 Å². The van der Waals surface area contributed by atoms with Crippen LogP contribution in [-0.4, -0.2) is 25.2 Å². The normalized spacial score (nSPS) is 14.3. The summed E-state index contributed by atoms with van der Waals surface area (Å²) in [5.74, 6) is 0. The Morgan fingerprint density at radius 1 is 1.57 bits per heavy atom. The van der Waals surface area contributed by atoms with Crippen LogP contribution in [0.25, 0.3) is 0 Å². The molecule has 42 valence electrons. The Labute approximate surface area is 43.8 Å². The van der Waals surface area contributed by atoms with Crippen molar-refractivity contribution in [3.05, 3.63) is 0 Å². The molecule has 7 heavy (non-hydrogen) atoms. The van der Waals surface area contributed by atoms with E-state index in [-0.39, 0.29) is 6.17 Å². The minimum Gasteiger partial charge on any atom is -0.287 e. The van der Waals surface area contributed by atoms with Crippen molar-refractivity contribution in [1.29, 1.82) is 5.53 Å². The second kappa shape index (κ2) is 2.69. The van der Waals surface area contributed by atoms with Gasteiger partial charge >= 0.3 is 0 Å². The van der Waals surface area contributed by atoms with Gasteiger partial charge in [0.1, 0.15) is 6.17 Å². The Morgan fingerprint density at radius 3 is 2.00 bits per heavy atom. The zero-order valence-corrected chi connectivity index (χ0v) is 4.97. The van der Waals surface area contributed by atoms with Gasteiger partial charge in [-0.15, -0.1) is 0 Å². The quantitative estimate of drug-likeness (QED) is 0.516. The van der Waals surface area contributed by atoms with E-state index in [0.717, 1.165) is 0 Å². The van der Waals surface area contributed by atoms with Crippen molar-refractivity contribution in [3.8, 4) is 0 Å². The second-order valence-corrected chi connectivity index (χ2v) is 1.72. The van der Waals surface area contributed by atoms with Gasteiger partial charge in [-0.1, -0.05) is 0 Å². The van der Waals surface area contributed by atoms with Crippen LogP contribution in [0.3, 0.4) is 0 Å². The fourth-order valence-corrected chi connectivity index (χ4v) is 0.115. The lowest BCUT2D eigenvalue weighted by molar-refractivity contribution is 0.309. The third-order valence-electron chi connectivity index (χ3n) is 0.934. The molecule has 3 heteroatoms. The SMILES string of the molecule is CC(N=N)N(C)C. The first kappa shape index (κ1) is 6.56. The number of rotatable bonds is 2. The predicted molar refractivity (Wildman–Crippen MR) is 28.3 cm³/mol. The van der Waals surface area contributed by atoms with E-state index in [0.29, 0.717) is 0 Å². The molecule has 0 amide bonds. The summed E-state index contributed by atoms with van der Waals surface area (Å²) in [6.07, 6.45) is 0.0278. The zero-order chi connectivity index (χ0) is 5.86. The number of nitrogens with one attached hydrogen (secondary N) is 1. The van der Waals surface area contributed by atoms with Gasteiger partial charge in [0, 0.05) is 0 Å². The first-order valence-corrected chi connectivity index (χ1v) is 2.21. The first-order valence-electron chi connectivity index (χ1n) is 2.21.